The van der Waals surface area contributed by atoms with Crippen LogP contribution in [0.4, 0.5) is 13.2 Å². The van der Waals surface area contributed by atoms with E-state index in [-0.39, 0.29) is 36.2 Å². The molecule has 5 N–H and O–H groups in total. The number of hydrogen-bond acceptors (Lipinski definition) is 9. The Morgan fingerprint density at radius 1 is 1.10 bits per heavy atom. The molecule has 0 bridgehead atoms. The van der Waals surface area contributed by atoms with Gasteiger partial charge in [-0.25, -0.2) is 8.42 Å². The average Bonchev–Trinajstić information content (AvgIpc) is 2.93. The van der Waals surface area contributed by atoms with Gasteiger partial charge < -0.3 is 35.6 Å². The number of carbonyl (C=O) groups is 2. The number of rotatable bonds is 11. The third-order valence-electron chi connectivity index (χ3n) is 5.46. The number of aldehydes is 1. The Balaban J connectivity index is 0.000000883. The first kappa shape index (κ1) is 33.0. The number of aliphatic carboxylic acids is 1. The fourth-order valence-electron chi connectivity index (χ4n) is 3.64. The number of ether oxygens (including phenoxy) is 3. The van der Waals surface area contributed by atoms with Crippen molar-refractivity contribution in [3.8, 4) is 17.2 Å². The molecule has 41 heavy (non-hydrogen) atoms. The minimum absolute atomic E-state index is 0.00279. The maximum absolute atomic E-state index is 13.6. The molecule has 1 heterocycles. The van der Waals surface area contributed by atoms with E-state index in [1.807, 2.05) is 0 Å². The summed E-state index contributed by atoms with van der Waals surface area (Å²) in [4.78, 5) is 25.5. The number of nitrogens with two attached hydrogens (primary N) is 2. The number of sulfonamides is 1. The Bertz CT molecular complexity index is 1350. The molecule has 0 saturated heterocycles. The number of carboxylic acids is 1. The van der Waals surface area contributed by atoms with Crippen LogP contribution in [0.1, 0.15) is 17.5 Å². The normalized spacial score (nSPS) is 14.9. The summed E-state index contributed by atoms with van der Waals surface area (Å²) in [6.45, 7) is 0.400. The summed E-state index contributed by atoms with van der Waals surface area (Å²) in [6.07, 6.45) is -5.19. The number of oxime groups is 1. The Morgan fingerprint density at radius 2 is 1.76 bits per heavy atom. The average molecular weight is 607 g/mol. The molecule has 0 fully saturated rings. The van der Waals surface area contributed by atoms with Crippen molar-refractivity contribution in [3.63, 3.8) is 0 Å². The molecule has 0 aliphatic carbocycles. The summed E-state index contributed by atoms with van der Waals surface area (Å²) in [5, 5.41) is 13.2. The third-order valence-corrected chi connectivity index (χ3v) is 7.34. The van der Waals surface area contributed by atoms with Crippen molar-refractivity contribution in [3.05, 3.63) is 47.5 Å². The largest absolute Gasteiger partial charge is 0.497 e. The summed E-state index contributed by atoms with van der Waals surface area (Å²) >= 11 is 0. The molecule has 0 aromatic heterocycles. The van der Waals surface area contributed by atoms with Crippen molar-refractivity contribution in [1.29, 1.82) is 0 Å². The van der Waals surface area contributed by atoms with Crippen molar-refractivity contribution < 1.29 is 55.3 Å². The molecule has 0 saturated carbocycles. The zero-order chi connectivity index (χ0) is 30.8. The van der Waals surface area contributed by atoms with Crippen LogP contribution in [-0.2, 0) is 37.4 Å². The fraction of sp³-hybridized carbons (Fsp3) is 0.375. The lowest BCUT2D eigenvalue weighted by atomic mass is 9.95. The van der Waals surface area contributed by atoms with Gasteiger partial charge in [-0.2, -0.15) is 17.5 Å². The zero-order valence-corrected chi connectivity index (χ0v) is 22.8. The molecule has 1 atom stereocenters. The van der Waals surface area contributed by atoms with E-state index in [4.69, 9.17) is 35.3 Å². The highest BCUT2D eigenvalue weighted by atomic mass is 32.2. The van der Waals surface area contributed by atoms with Gasteiger partial charge in [-0.1, -0.05) is 6.07 Å². The van der Waals surface area contributed by atoms with Gasteiger partial charge in [0.2, 0.25) is 22.3 Å². The number of alkyl halides is 3. The maximum atomic E-state index is 13.6. The van der Waals surface area contributed by atoms with Crippen LogP contribution in [0.5, 0.6) is 17.2 Å². The Morgan fingerprint density at radius 3 is 2.32 bits per heavy atom. The topological polar surface area (TPSA) is 193 Å². The lowest BCUT2D eigenvalue weighted by Crippen LogP contribution is -2.48. The monoisotopic (exact) mass is 606 g/mol. The maximum Gasteiger partial charge on any atom is 0.446 e. The standard InChI is InChI=1S/C22H28N4O8S.C2HF3O/c1-31-16-6-7-19(32-2)20(12-16)35(29,30)26-13-15-10-17(33-8-3-9-34-25-22(23)24)5-4-14(15)11-18(26)21(27)28;3-2(4,5)1-6/h4-7,10,12,18H,3,8-9,11,13H2,1-2H3,(H,27,28)(H4,23,24,25);1H/t18-;/m0./s1. The van der Waals surface area contributed by atoms with Crippen molar-refractivity contribution in [2.24, 2.45) is 16.6 Å². The lowest BCUT2D eigenvalue weighted by Gasteiger charge is -2.34. The molecule has 226 valence electrons. The molecule has 1 aliphatic heterocycles. The van der Waals surface area contributed by atoms with E-state index in [0.29, 0.717) is 30.1 Å². The number of hydrogen-bond donors (Lipinski definition) is 3. The van der Waals surface area contributed by atoms with Crippen LogP contribution in [0.25, 0.3) is 0 Å². The molecule has 0 amide bonds. The minimum atomic E-state index is -4.64. The second kappa shape index (κ2) is 14.4. The number of benzene rings is 2. The number of methoxy groups -OCH3 is 2. The SMILES string of the molecule is COc1ccc(OC)c(S(=O)(=O)N2Cc3cc(OCCCON=C(N)N)ccc3C[C@H]2C(=O)O)c1.O=CC(F)(F)F. The molecule has 13 nitrogen and oxygen atoms in total. The Kier molecular flexibility index (Phi) is 11.6. The summed E-state index contributed by atoms with van der Waals surface area (Å²) < 4.78 is 75.5. The molecule has 1 aliphatic rings. The number of guanidine groups is 1. The third kappa shape index (κ3) is 9.42. The summed E-state index contributed by atoms with van der Waals surface area (Å²) in [7, 11) is -1.52. The van der Waals surface area contributed by atoms with Crippen LogP contribution in [-0.4, -0.2) is 75.7 Å². The minimum Gasteiger partial charge on any atom is -0.497 e. The number of carboxylic acid groups (broad SMARTS) is 1. The van der Waals surface area contributed by atoms with E-state index < -0.39 is 34.5 Å². The van der Waals surface area contributed by atoms with Gasteiger partial charge in [-0.05, 0) is 40.5 Å². The van der Waals surface area contributed by atoms with Gasteiger partial charge in [-0.3, -0.25) is 9.59 Å². The molecular weight excluding hydrogens is 577 g/mol. The Labute approximate surface area is 233 Å². The van der Waals surface area contributed by atoms with E-state index in [1.54, 1.807) is 24.3 Å². The van der Waals surface area contributed by atoms with E-state index in [9.17, 15) is 31.5 Å². The first-order valence-electron chi connectivity index (χ1n) is 11.7. The van der Waals surface area contributed by atoms with Crippen LogP contribution >= 0.6 is 0 Å². The van der Waals surface area contributed by atoms with Gasteiger partial charge in [0, 0.05) is 25.5 Å². The first-order valence-corrected chi connectivity index (χ1v) is 13.1. The molecule has 0 unspecified atom stereocenters. The van der Waals surface area contributed by atoms with Gasteiger partial charge >= 0.3 is 12.1 Å². The van der Waals surface area contributed by atoms with Gasteiger partial charge in [0.1, 0.15) is 34.8 Å². The molecule has 2 aromatic carbocycles. The first-order chi connectivity index (χ1) is 19.2. The number of halogens is 3. The number of carbonyl (C=O) groups excluding carboxylic acids is 1. The van der Waals surface area contributed by atoms with E-state index >= 15 is 0 Å². The summed E-state index contributed by atoms with van der Waals surface area (Å²) in [6, 6.07) is 8.20. The second-order valence-corrected chi connectivity index (χ2v) is 10.1. The van der Waals surface area contributed by atoms with Crippen LogP contribution in [0.3, 0.4) is 0 Å². The lowest BCUT2D eigenvalue weighted by molar-refractivity contribution is -0.156. The number of nitrogens with zero attached hydrogens (tertiary/aromatic N) is 2. The molecular formula is C24H29F3N4O9S. The molecule has 2 aromatic rings. The fourth-order valence-corrected chi connectivity index (χ4v) is 5.37. The van der Waals surface area contributed by atoms with Crippen LogP contribution in [0, 0.1) is 0 Å². The van der Waals surface area contributed by atoms with Crippen LogP contribution in [0.2, 0.25) is 0 Å². The molecule has 3 rings (SSSR count). The quantitative estimate of drug-likeness (QED) is 0.111. The van der Waals surface area contributed by atoms with E-state index in [2.05, 4.69) is 5.16 Å². The zero-order valence-electron chi connectivity index (χ0n) is 22.0. The summed E-state index contributed by atoms with van der Waals surface area (Å²) in [5.74, 6) is -0.530. The van der Waals surface area contributed by atoms with Crippen molar-refractivity contribution in [2.45, 2.75) is 36.5 Å². The highest BCUT2D eigenvalue weighted by molar-refractivity contribution is 7.89. The predicted octanol–water partition coefficient (Wildman–Crippen LogP) is 1.63. The van der Waals surface area contributed by atoms with Crippen LogP contribution < -0.4 is 25.7 Å². The molecule has 0 radical (unpaired) electrons. The number of fused-ring (bicyclic) bond motifs is 1. The van der Waals surface area contributed by atoms with Gasteiger partial charge in [-0.15, -0.1) is 0 Å². The van der Waals surface area contributed by atoms with Crippen LogP contribution in [0.15, 0.2) is 46.4 Å². The van der Waals surface area contributed by atoms with Gasteiger partial charge in [0.15, 0.2) is 0 Å². The van der Waals surface area contributed by atoms with E-state index in [0.717, 1.165) is 9.87 Å². The highest BCUT2D eigenvalue weighted by Crippen LogP contribution is 2.36. The second-order valence-electron chi connectivity index (χ2n) is 8.27. The van der Waals surface area contributed by atoms with Gasteiger partial charge in [0.05, 0.1) is 20.8 Å². The molecule has 0 spiro atoms. The smallest absolute Gasteiger partial charge is 0.446 e. The predicted molar refractivity (Wildman–Crippen MR) is 138 cm³/mol. The van der Waals surface area contributed by atoms with Crippen molar-refractivity contribution in [2.75, 3.05) is 27.4 Å². The highest BCUT2D eigenvalue weighted by Gasteiger charge is 2.41. The Hall–Kier alpha value is -4.25. The van der Waals surface area contributed by atoms with E-state index in [1.165, 1.54) is 26.4 Å². The molecule has 17 heteroatoms. The van der Waals surface area contributed by atoms with Crippen molar-refractivity contribution >= 4 is 28.2 Å². The van der Waals surface area contributed by atoms with Gasteiger partial charge in [0.25, 0.3) is 0 Å². The van der Waals surface area contributed by atoms with Crippen molar-refractivity contribution in [1.82, 2.24) is 4.31 Å². The summed E-state index contributed by atoms with van der Waals surface area (Å²) in [5.41, 5.74) is 11.7.